The van der Waals surface area contributed by atoms with Crippen LogP contribution >= 0.6 is 0 Å². The van der Waals surface area contributed by atoms with Crippen molar-refractivity contribution >= 4 is 0 Å². The normalized spacial score (nSPS) is 12.3. The minimum absolute atomic E-state index is 0.484. The summed E-state index contributed by atoms with van der Waals surface area (Å²) in [5, 5.41) is 13.3. The Balaban J connectivity index is 2.08. The molecule has 1 rings (SSSR count). The molecule has 0 saturated heterocycles. The van der Waals surface area contributed by atoms with Gasteiger partial charge in [0.2, 0.25) is 0 Å². The highest BCUT2D eigenvalue weighted by atomic mass is 16.5. The second-order valence-corrected chi connectivity index (χ2v) is 4.81. The van der Waals surface area contributed by atoms with Crippen LogP contribution in [0, 0.1) is 0 Å². The Morgan fingerprint density at radius 3 is 2.50 bits per heavy atom. The maximum Gasteiger partial charge on any atom is 0.118 e. The maximum atomic E-state index is 10.0. The lowest BCUT2D eigenvalue weighted by molar-refractivity contribution is 0.126. The monoisotopic (exact) mass is 281 g/mol. The number of hydrogen-bond donors (Lipinski definition) is 2. The zero-order chi connectivity index (χ0) is 14.6. The van der Waals surface area contributed by atoms with Crippen molar-refractivity contribution in [3.8, 4) is 5.75 Å². The van der Waals surface area contributed by atoms with Crippen LogP contribution in [-0.4, -0.2) is 38.5 Å². The summed E-state index contributed by atoms with van der Waals surface area (Å²) in [5.41, 5.74) is 0.900. The largest absolute Gasteiger partial charge is 0.497 e. The number of unbranched alkanes of at least 4 members (excludes halogenated alkanes) is 1. The van der Waals surface area contributed by atoms with Crippen LogP contribution in [0.25, 0.3) is 0 Å². The average molecular weight is 281 g/mol. The molecule has 0 aliphatic heterocycles. The summed E-state index contributed by atoms with van der Waals surface area (Å²) in [6.45, 7) is 5.21. The summed E-state index contributed by atoms with van der Waals surface area (Å²) in [5.74, 6) is 0.804. The number of ether oxygens (including phenoxy) is 2. The fourth-order valence-electron chi connectivity index (χ4n) is 1.83. The molecule has 0 aliphatic carbocycles. The minimum Gasteiger partial charge on any atom is -0.497 e. The highest BCUT2D eigenvalue weighted by molar-refractivity contribution is 5.28. The first-order chi connectivity index (χ1) is 9.77. The lowest BCUT2D eigenvalue weighted by atomic mass is 10.1. The van der Waals surface area contributed by atoms with Gasteiger partial charge in [0.15, 0.2) is 0 Å². The van der Waals surface area contributed by atoms with Crippen LogP contribution in [0.3, 0.4) is 0 Å². The quantitative estimate of drug-likeness (QED) is 0.612. The van der Waals surface area contributed by atoms with Gasteiger partial charge in [-0.1, -0.05) is 25.5 Å². The highest BCUT2D eigenvalue weighted by Gasteiger charge is 2.06. The molecule has 0 fully saturated rings. The van der Waals surface area contributed by atoms with E-state index < -0.39 is 6.10 Å². The predicted molar refractivity (Wildman–Crippen MR) is 81.2 cm³/mol. The lowest BCUT2D eigenvalue weighted by Gasteiger charge is -2.12. The third-order valence-corrected chi connectivity index (χ3v) is 3.12. The van der Waals surface area contributed by atoms with E-state index in [9.17, 15) is 5.11 Å². The van der Waals surface area contributed by atoms with Gasteiger partial charge in [0.05, 0.1) is 13.2 Å². The Kier molecular flexibility index (Phi) is 9.04. The molecular formula is C16H27NO3. The van der Waals surface area contributed by atoms with Gasteiger partial charge in [-0.3, -0.25) is 0 Å². The summed E-state index contributed by atoms with van der Waals surface area (Å²) in [4.78, 5) is 0. The number of benzene rings is 1. The van der Waals surface area contributed by atoms with Gasteiger partial charge in [-0.25, -0.2) is 0 Å². The van der Waals surface area contributed by atoms with E-state index in [2.05, 4.69) is 12.2 Å². The van der Waals surface area contributed by atoms with Crippen LogP contribution in [0.4, 0.5) is 0 Å². The number of aliphatic hydroxyl groups is 1. The van der Waals surface area contributed by atoms with Crippen LogP contribution in [0.15, 0.2) is 24.3 Å². The van der Waals surface area contributed by atoms with Gasteiger partial charge in [-0.05, 0) is 37.1 Å². The standard InChI is InChI=1S/C16H27NO3/c1-3-4-11-20-12-5-10-17-13-16(18)14-6-8-15(19-2)9-7-14/h6-9,16-18H,3-5,10-13H2,1-2H3. The van der Waals surface area contributed by atoms with Crippen LogP contribution in [0.1, 0.15) is 37.9 Å². The second kappa shape index (κ2) is 10.7. The van der Waals surface area contributed by atoms with Crippen LogP contribution < -0.4 is 10.1 Å². The third-order valence-electron chi connectivity index (χ3n) is 3.12. The summed E-state index contributed by atoms with van der Waals surface area (Å²) in [6, 6.07) is 7.50. The first kappa shape index (κ1) is 17.0. The fourth-order valence-corrected chi connectivity index (χ4v) is 1.83. The van der Waals surface area contributed by atoms with Crippen molar-refractivity contribution in [3.63, 3.8) is 0 Å². The summed E-state index contributed by atoms with van der Waals surface area (Å²) in [6.07, 6.45) is 2.79. The van der Waals surface area contributed by atoms with Crippen LogP contribution in [-0.2, 0) is 4.74 Å². The molecule has 20 heavy (non-hydrogen) atoms. The van der Waals surface area contributed by atoms with Crippen LogP contribution in [0.5, 0.6) is 5.75 Å². The van der Waals surface area contributed by atoms with Gasteiger partial charge in [-0.2, -0.15) is 0 Å². The third kappa shape index (κ3) is 6.89. The Bertz CT molecular complexity index is 340. The first-order valence-electron chi connectivity index (χ1n) is 7.38. The molecule has 1 aromatic rings. The molecule has 0 aromatic heterocycles. The molecule has 4 heteroatoms. The van der Waals surface area contributed by atoms with E-state index in [1.807, 2.05) is 24.3 Å². The SMILES string of the molecule is CCCCOCCCNCC(O)c1ccc(OC)cc1. The Hall–Kier alpha value is -1.10. The van der Waals surface area contributed by atoms with Crippen molar-refractivity contribution < 1.29 is 14.6 Å². The molecule has 4 nitrogen and oxygen atoms in total. The second-order valence-electron chi connectivity index (χ2n) is 4.81. The van der Waals surface area contributed by atoms with Crippen molar-refractivity contribution in [2.45, 2.75) is 32.3 Å². The zero-order valence-corrected chi connectivity index (χ0v) is 12.6. The fraction of sp³-hybridized carbons (Fsp3) is 0.625. The van der Waals surface area contributed by atoms with Crippen molar-refractivity contribution in [3.05, 3.63) is 29.8 Å². The van der Waals surface area contributed by atoms with E-state index in [4.69, 9.17) is 9.47 Å². The number of hydrogen-bond acceptors (Lipinski definition) is 4. The molecule has 0 radical (unpaired) electrons. The Morgan fingerprint density at radius 1 is 1.15 bits per heavy atom. The Labute approximate surface area is 122 Å². The summed E-state index contributed by atoms with van der Waals surface area (Å²) in [7, 11) is 1.63. The molecule has 1 aromatic carbocycles. The van der Waals surface area contributed by atoms with Gasteiger partial charge >= 0.3 is 0 Å². The molecule has 0 spiro atoms. The number of aliphatic hydroxyl groups excluding tert-OH is 1. The first-order valence-corrected chi connectivity index (χ1v) is 7.38. The number of nitrogens with one attached hydrogen (secondary N) is 1. The predicted octanol–water partition coefficient (Wildman–Crippen LogP) is 2.53. The van der Waals surface area contributed by atoms with Crippen molar-refractivity contribution in [1.82, 2.24) is 5.32 Å². The van der Waals surface area contributed by atoms with E-state index in [1.54, 1.807) is 7.11 Å². The molecule has 2 N–H and O–H groups in total. The van der Waals surface area contributed by atoms with Gasteiger partial charge in [0.1, 0.15) is 5.75 Å². The van der Waals surface area contributed by atoms with Gasteiger partial charge in [0.25, 0.3) is 0 Å². The molecule has 0 heterocycles. The van der Waals surface area contributed by atoms with E-state index in [1.165, 1.54) is 6.42 Å². The molecule has 0 aliphatic rings. The zero-order valence-electron chi connectivity index (χ0n) is 12.6. The lowest BCUT2D eigenvalue weighted by Crippen LogP contribution is -2.23. The van der Waals surface area contributed by atoms with Crippen molar-refractivity contribution in [2.24, 2.45) is 0 Å². The van der Waals surface area contributed by atoms with Gasteiger partial charge < -0.3 is 19.9 Å². The molecule has 1 unspecified atom stereocenters. The molecular weight excluding hydrogens is 254 g/mol. The van der Waals surface area contributed by atoms with E-state index in [0.29, 0.717) is 6.54 Å². The smallest absolute Gasteiger partial charge is 0.118 e. The van der Waals surface area contributed by atoms with Crippen LogP contribution in [0.2, 0.25) is 0 Å². The minimum atomic E-state index is -0.484. The van der Waals surface area contributed by atoms with Crippen molar-refractivity contribution in [1.29, 1.82) is 0 Å². The summed E-state index contributed by atoms with van der Waals surface area (Å²) < 4.78 is 10.6. The van der Waals surface area contributed by atoms with E-state index >= 15 is 0 Å². The number of methoxy groups -OCH3 is 1. The van der Waals surface area contributed by atoms with Crippen molar-refractivity contribution in [2.75, 3.05) is 33.4 Å². The molecule has 0 bridgehead atoms. The highest BCUT2D eigenvalue weighted by Crippen LogP contribution is 2.16. The van der Waals surface area contributed by atoms with Gasteiger partial charge in [0, 0.05) is 19.8 Å². The summed E-state index contributed by atoms with van der Waals surface area (Å²) >= 11 is 0. The Morgan fingerprint density at radius 2 is 1.85 bits per heavy atom. The molecule has 1 atom stereocenters. The maximum absolute atomic E-state index is 10.0. The van der Waals surface area contributed by atoms with Gasteiger partial charge in [-0.15, -0.1) is 0 Å². The molecule has 0 amide bonds. The topological polar surface area (TPSA) is 50.7 Å². The van der Waals surface area contributed by atoms with E-state index in [0.717, 1.165) is 43.9 Å². The average Bonchev–Trinajstić information content (AvgIpc) is 2.50. The van der Waals surface area contributed by atoms with E-state index in [-0.39, 0.29) is 0 Å². The molecule has 0 saturated carbocycles. The number of rotatable bonds is 11. The molecule has 114 valence electrons.